The van der Waals surface area contributed by atoms with E-state index in [1.807, 2.05) is 19.1 Å². The second kappa shape index (κ2) is 9.17. The Morgan fingerprint density at radius 3 is 2.78 bits per heavy atom. The van der Waals surface area contributed by atoms with Crippen molar-refractivity contribution in [3.8, 4) is 5.75 Å². The average Bonchev–Trinajstić information content (AvgIpc) is 2.81. The fraction of sp³-hybridized carbons (Fsp3) is 0.385. The fourth-order valence-corrected chi connectivity index (χ4v) is 4.68. The number of ether oxygens (including phenoxy) is 1. The standard InChI is InChI=1S/C26H30N4O2/c1-19-8-10-21-22(27-19)6-4-7-24(21)30-15-13-29(14-16-30)12-3-2-5-20-9-11-25-23(17-20)28-26(31)18-32-25/h4,6-11,17H,2-3,5,12-16,18H2,1H3,(H,28,31). The van der Waals surface area contributed by atoms with Gasteiger partial charge in [0.2, 0.25) is 0 Å². The van der Waals surface area contributed by atoms with Crippen LogP contribution in [0.4, 0.5) is 11.4 Å². The Labute approximate surface area is 189 Å². The third-order valence-electron chi connectivity index (χ3n) is 6.43. The Morgan fingerprint density at radius 2 is 1.91 bits per heavy atom. The number of benzene rings is 2. The molecule has 2 aliphatic heterocycles. The lowest BCUT2D eigenvalue weighted by atomic mass is 10.1. The van der Waals surface area contributed by atoms with Crippen LogP contribution in [0.3, 0.4) is 0 Å². The summed E-state index contributed by atoms with van der Waals surface area (Å²) in [6.07, 6.45) is 3.34. The molecule has 0 radical (unpaired) electrons. The molecule has 6 nitrogen and oxygen atoms in total. The van der Waals surface area contributed by atoms with Gasteiger partial charge in [-0.1, -0.05) is 12.1 Å². The van der Waals surface area contributed by atoms with E-state index in [1.54, 1.807) is 0 Å². The number of piperazine rings is 1. The monoisotopic (exact) mass is 430 g/mol. The second-order valence-corrected chi connectivity index (χ2v) is 8.75. The number of nitrogens with zero attached hydrogens (tertiary/aromatic N) is 3. The molecule has 3 aromatic rings. The van der Waals surface area contributed by atoms with Crippen molar-refractivity contribution in [3.63, 3.8) is 0 Å². The molecule has 1 N–H and O–H groups in total. The molecule has 1 amide bonds. The summed E-state index contributed by atoms with van der Waals surface area (Å²) in [5.41, 5.74) is 5.50. The number of nitrogens with one attached hydrogen (secondary N) is 1. The van der Waals surface area contributed by atoms with Crippen LogP contribution in [0.5, 0.6) is 5.75 Å². The molecule has 1 saturated heterocycles. The van der Waals surface area contributed by atoms with Gasteiger partial charge in [0.15, 0.2) is 6.61 Å². The summed E-state index contributed by atoms with van der Waals surface area (Å²) in [6, 6.07) is 16.9. The van der Waals surface area contributed by atoms with Gasteiger partial charge in [-0.25, -0.2) is 0 Å². The molecule has 1 aromatic heterocycles. The van der Waals surface area contributed by atoms with Crippen molar-refractivity contribution in [2.45, 2.75) is 26.2 Å². The topological polar surface area (TPSA) is 57.7 Å². The van der Waals surface area contributed by atoms with E-state index < -0.39 is 0 Å². The molecule has 0 bridgehead atoms. The summed E-state index contributed by atoms with van der Waals surface area (Å²) < 4.78 is 5.44. The Morgan fingerprint density at radius 1 is 1.03 bits per heavy atom. The Hall–Kier alpha value is -3.12. The van der Waals surface area contributed by atoms with Gasteiger partial charge in [-0.3, -0.25) is 14.7 Å². The van der Waals surface area contributed by atoms with E-state index in [0.29, 0.717) is 0 Å². The molecule has 2 aliphatic rings. The van der Waals surface area contributed by atoms with Crippen LogP contribution >= 0.6 is 0 Å². The van der Waals surface area contributed by atoms with Gasteiger partial charge >= 0.3 is 0 Å². The van der Waals surface area contributed by atoms with Gasteiger partial charge in [-0.15, -0.1) is 0 Å². The number of hydrogen-bond acceptors (Lipinski definition) is 5. The predicted molar refractivity (Wildman–Crippen MR) is 129 cm³/mol. The first-order chi connectivity index (χ1) is 15.7. The Kier molecular flexibility index (Phi) is 5.95. The smallest absolute Gasteiger partial charge is 0.262 e. The van der Waals surface area contributed by atoms with Crippen molar-refractivity contribution in [3.05, 3.63) is 59.8 Å². The van der Waals surface area contributed by atoms with Crippen LogP contribution < -0.4 is 15.0 Å². The normalized spacial score (nSPS) is 16.5. The van der Waals surface area contributed by atoms with Gasteiger partial charge in [0.1, 0.15) is 5.75 Å². The van der Waals surface area contributed by atoms with E-state index in [-0.39, 0.29) is 12.5 Å². The zero-order valence-corrected chi connectivity index (χ0v) is 18.6. The molecule has 1 fully saturated rings. The quantitative estimate of drug-likeness (QED) is 0.599. The van der Waals surface area contributed by atoms with Gasteiger partial charge in [0, 0.05) is 42.9 Å². The number of pyridine rings is 1. The van der Waals surface area contributed by atoms with Crippen molar-refractivity contribution in [1.82, 2.24) is 9.88 Å². The molecular formula is C26H30N4O2. The van der Waals surface area contributed by atoms with Crippen molar-refractivity contribution in [2.24, 2.45) is 0 Å². The molecule has 0 saturated carbocycles. The zero-order chi connectivity index (χ0) is 21.9. The number of rotatable bonds is 6. The fourth-order valence-electron chi connectivity index (χ4n) is 4.68. The maximum absolute atomic E-state index is 11.5. The number of carbonyl (C=O) groups is 1. The highest BCUT2D eigenvalue weighted by molar-refractivity contribution is 5.95. The van der Waals surface area contributed by atoms with Gasteiger partial charge in [0.25, 0.3) is 5.91 Å². The second-order valence-electron chi connectivity index (χ2n) is 8.75. The first-order valence-electron chi connectivity index (χ1n) is 11.5. The number of unbranched alkanes of at least 4 members (excludes halogenated alkanes) is 1. The van der Waals surface area contributed by atoms with E-state index in [2.05, 4.69) is 56.5 Å². The number of anilines is 2. The van der Waals surface area contributed by atoms with Gasteiger partial charge in [-0.2, -0.15) is 0 Å². The summed E-state index contributed by atoms with van der Waals surface area (Å²) in [5, 5.41) is 4.14. The molecule has 0 unspecified atom stereocenters. The highest BCUT2D eigenvalue weighted by Crippen LogP contribution is 2.29. The van der Waals surface area contributed by atoms with E-state index in [1.165, 1.54) is 23.1 Å². The lowest BCUT2D eigenvalue weighted by molar-refractivity contribution is -0.118. The van der Waals surface area contributed by atoms with Crippen LogP contribution in [0, 0.1) is 6.92 Å². The van der Waals surface area contributed by atoms with E-state index in [9.17, 15) is 4.79 Å². The summed E-state index contributed by atoms with van der Waals surface area (Å²) in [6.45, 7) is 7.58. The average molecular weight is 431 g/mol. The largest absolute Gasteiger partial charge is 0.482 e. The van der Waals surface area contributed by atoms with Gasteiger partial charge in [-0.05, 0) is 74.7 Å². The number of amides is 1. The molecule has 0 atom stereocenters. The molecular weight excluding hydrogens is 400 g/mol. The molecule has 0 spiro atoms. The summed E-state index contributed by atoms with van der Waals surface area (Å²) in [7, 11) is 0. The third kappa shape index (κ3) is 4.55. The zero-order valence-electron chi connectivity index (χ0n) is 18.6. The SMILES string of the molecule is Cc1ccc2c(N3CCN(CCCCc4ccc5c(c4)NC(=O)CO5)CC3)cccc2n1. The van der Waals surface area contributed by atoms with E-state index >= 15 is 0 Å². The molecule has 6 heteroatoms. The van der Waals surface area contributed by atoms with Crippen molar-refractivity contribution >= 4 is 28.2 Å². The summed E-state index contributed by atoms with van der Waals surface area (Å²) >= 11 is 0. The van der Waals surface area contributed by atoms with Gasteiger partial charge < -0.3 is 15.0 Å². The number of carbonyl (C=O) groups excluding carboxylic acids is 1. The molecule has 5 rings (SSSR count). The van der Waals surface area contributed by atoms with Crippen LogP contribution in [-0.2, 0) is 11.2 Å². The van der Waals surface area contributed by atoms with E-state index in [0.717, 1.165) is 68.2 Å². The van der Waals surface area contributed by atoms with Crippen LogP contribution in [0.2, 0.25) is 0 Å². The number of aromatic nitrogens is 1. The lowest BCUT2D eigenvalue weighted by Crippen LogP contribution is -2.46. The maximum atomic E-state index is 11.5. The van der Waals surface area contributed by atoms with Crippen LogP contribution in [0.25, 0.3) is 10.9 Å². The number of hydrogen-bond donors (Lipinski definition) is 1. The maximum Gasteiger partial charge on any atom is 0.262 e. The summed E-state index contributed by atoms with van der Waals surface area (Å²) in [4.78, 5) is 21.3. The first-order valence-corrected chi connectivity index (χ1v) is 11.5. The van der Waals surface area contributed by atoms with E-state index in [4.69, 9.17) is 4.74 Å². The Balaban J connectivity index is 1.09. The first kappa shape index (κ1) is 20.8. The van der Waals surface area contributed by atoms with Crippen LogP contribution in [0.1, 0.15) is 24.1 Å². The minimum Gasteiger partial charge on any atom is -0.482 e. The van der Waals surface area contributed by atoms with Crippen LogP contribution in [-0.4, -0.2) is 55.1 Å². The molecule has 166 valence electrons. The number of aryl methyl sites for hydroxylation is 2. The van der Waals surface area contributed by atoms with Crippen molar-refractivity contribution in [2.75, 3.05) is 49.5 Å². The molecule has 2 aromatic carbocycles. The lowest BCUT2D eigenvalue weighted by Gasteiger charge is -2.36. The van der Waals surface area contributed by atoms with Crippen LogP contribution in [0.15, 0.2) is 48.5 Å². The Bertz CT molecular complexity index is 1120. The minimum atomic E-state index is -0.0799. The highest BCUT2D eigenvalue weighted by atomic mass is 16.5. The summed E-state index contributed by atoms with van der Waals surface area (Å²) in [5.74, 6) is 0.687. The van der Waals surface area contributed by atoms with Crippen molar-refractivity contribution < 1.29 is 9.53 Å². The molecule has 0 aliphatic carbocycles. The van der Waals surface area contributed by atoms with Gasteiger partial charge in [0.05, 0.1) is 11.2 Å². The molecule has 32 heavy (non-hydrogen) atoms. The van der Waals surface area contributed by atoms with Crippen molar-refractivity contribution in [1.29, 1.82) is 0 Å². The minimum absolute atomic E-state index is 0.0799. The third-order valence-corrected chi connectivity index (χ3v) is 6.43. The predicted octanol–water partition coefficient (Wildman–Crippen LogP) is 4.02. The number of fused-ring (bicyclic) bond motifs is 2. The molecule has 3 heterocycles. The highest BCUT2D eigenvalue weighted by Gasteiger charge is 2.19.